The van der Waals surface area contributed by atoms with Gasteiger partial charge < -0.3 is 19.5 Å². The van der Waals surface area contributed by atoms with E-state index in [9.17, 15) is 19.2 Å². The number of rotatable bonds is 6. The fourth-order valence-electron chi connectivity index (χ4n) is 3.44. The van der Waals surface area contributed by atoms with Crippen LogP contribution in [0.1, 0.15) is 13.8 Å². The lowest BCUT2D eigenvalue weighted by Gasteiger charge is -2.16. The number of carbonyl (C=O) groups excluding carboxylic acids is 2. The number of aromatic nitrogens is 2. The van der Waals surface area contributed by atoms with Gasteiger partial charge in [0.1, 0.15) is 6.54 Å². The molecule has 4 rings (SSSR count). The Morgan fingerprint density at radius 2 is 1.84 bits per heavy atom. The molecule has 0 radical (unpaired) electrons. The van der Waals surface area contributed by atoms with Crippen LogP contribution >= 0.6 is 0 Å². The van der Waals surface area contributed by atoms with Crippen LogP contribution in [0.5, 0.6) is 11.5 Å². The second kappa shape index (κ2) is 8.58. The van der Waals surface area contributed by atoms with Crippen molar-refractivity contribution in [2.24, 2.45) is 0 Å². The molecule has 1 amide bonds. The summed E-state index contributed by atoms with van der Waals surface area (Å²) < 4.78 is 17.9. The topological polar surface area (TPSA) is 118 Å². The molecule has 1 aliphatic heterocycles. The van der Waals surface area contributed by atoms with Gasteiger partial charge in [0.2, 0.25) is 6.79 Å². The average molecular weight is 439 g/mol. The van der Waals surface area contributed by atoms with E-state index in [4.69, 9.17) is 14.2 Å². The number of amides is 1. The number of benzene rings is 2. The van der Waals surface area contributed by atoms with E-state index in [-0.39, 0.29) is 13.3 Å². The molecule has 2 aromatic carbocycles. The number of hydrogen-bond acceptors (Lipinski definition) is 7. The Bertz CT molecular complexity index is 1330. The Morgan fingerprint density at radius 3 is 2.62 bits per heavy atom. The Kier molecular flexibility index (Phi) is 5.67. The Balaban J connectivity index is 1.49. The first kappa shape index (κ1) is 21.2. The zero-order valence-corrected chi connectivity index (χ0v) is 17.5. The highest BCUT2D eigenvalue weighted by Crippen LogP contribution is 2.34. The molecule has 166 valence electrons. The van der Waals surface area contributed by atoms with Crippen molar-refractivity contribution in [1.82, 2.24) is 9.13 Å². The fourth-order valence-corrected chi connectivity index (χ4v) is 3.44. The fraction of sp³-hybridized carbons (Fsp3) is 0.273. The Hall–Kier alpha value is -4.08. The largest absolute Gasteiger partial charge is 0.454 e. The molecule has 10 heteroatoms. The smallest absolute Gasteiger partial charge is 0.332 e. The molecule has 1 unspecified atom stereocenters. The van der Waals surface area contributed by atoms with Crippen molar-refractivity contribution in [2.75, 3.05) is 12.1 Å². The number of para-hydroxylation sites is 1. The van der Waals surface area contributed by atoms with Crippen LogP contribution in [0.2, 0.25) is 0 Å². The molecule has 32 heavy (non-hydrogen) atoms. The van der Waals surface area contributed by atoms with E-state index in [0.717, 1.165) is 4.57 Å². The van der Waals surface area contributed by atoms with Gasteiger partial charge in [-0.25, -0.2) is 4.79 Å². The third-order valence-corrected chi connectivity index (χ3v) is 5.05. The zero-order chi connectivity index (χ0) is 22.8. The number of nitrogens with zero attached hydrogens (tertiary/aromatic N) is 2. The van der Waals surface area contributed by atoms with Crippen molar-refractivity contribution in [3.05, 3.63) is 63.3 Å². The van der Waals surface area contributed by atoms with Gasteiger partial charge >= 0.3 is 11.7 Å². The monoisotopic (exact) mass is 439 g/mol. The molecule has 1 aromatic heterocycles. The molecule has 0 bridgehead atoms. The van der Waals surface area contributed by atoms with Crippen LogP contribution in [-0.4, -0.2) is 33.9 Å². The summed E-state index contributed by atoms with van der Waals surface area (Å²) in [5, 5.41) is 2.96. The summed E-state index contributed by atoms with van der Waals surface area (Å²) in [4.78, 5) is 50.2. The summed E-state index contributed by atoms with van der Waals surface area (Å²) in [5.74, 6) is -0.252. The molecule has 0 aliphatic carbocycles. The van der Waals surface area contributed by atoms with E-state index in [0.29, 0.717) is 28.1 Å². The third-order valence-electron chi connectivity index (χ3n) is 5.05. The van der Waals surface area contributed by atoms with Gasteiger partial charge in [0, 0.05) is 18.3 Å². The van der Waals surface area contributed by atoms with Gasteiger partial charge in [-0.1, -0.05) is 12.1 Å². The normalized spacial score (nSPS) is 13.1. The van der Waals surface area contributed by atoms with Crippen molar-refractivity contribution in [2.45, 2.75) is 33.0 Å². The zero-order valence-electron chi connectivity index (χ0n) is 17.5. The number of anilines is 1. The van der Waals surface area contributed by atoms with Crippen molar-refractivity contribution < 1.29 is 23.8 Å². The summed E-state index contributed by atoms with van der Waals surface area (Å²) in [7, 11) is 0. The van der Waals surface area contributed by atoms with Gasteiger partial charge in [0.25, 0.3) is 11.5 Å². The van der Waals surface area contributed by atoms with Crippen LogP contribution in [0, 0.1) is 0 Å². The van der Waals surface area contributed by atoms with Crippen molar-refractivity contribution in [1.29, 1.82) is 0 Å². The number of esters is 1. The molecule has 2 heterocycles. The summed E-state index contributed by atoms with van der Waals surface area (Å²) in [5.41, 5.74) is -0.263. The van der Waals surface area contributed by atoms with Crippen LogP contribution in [0.25, 0.3) is 10.9 Å². The summed E-state index contributed by atoms with van der Waals surface area (Å²) >= 11 is 0. The molecular weight excluding hydrogens is 418 g/mol. The van der Waals surface area contributed by atoms with E-state index in [2.05, 4.69) is 5.32 Å². The van der Waals surface area contributed by atoms with Gasteiger partial charge in [-0.05, 0) is 38.1 Å². The minimum Gasteiger partial charge on any atom is -0.454 e. The maximum absolute atomic E-state index is 12.7. The van der Waals surface area contributed by atoms with Crippen LogP contribution < -0.4 is 26.0 Å². The molecule has 1 atom stereocenters. The summed E-state index contributed by atoms with van der Waals surface area (Å²) in [6, 6.07) is 11.4. The molecule has 0 saturated carbocycles. The van der Waals surface area contributed by atoms with Gasteiger partial charge in [-0.3, -0.25) is 23.5 Å². The molecule has 1 aliphatic rings. The number of carbonyl (C=O) groups is 2. The lowest BCUT2D eigenvalue weighted by molar-refractivity contribution is -0.153. The van der Waals surface area contributed by atoms with E-state index in [1.807, 2.05) is 0 Å². The second-order valence-corrected chi connectivity index (χ2v) is 7.12. The molecule has 0 fully saturated rings. The van der Waals surface area contributed by atoms with Crippen LogP contribution in [0.4, 0.5) is 5.69 Å². The lowest BCUT2D eigenvalue weighted by Crippen LogP contribution is -2.41. The van der Waals surface area contributed by atoms with E-state index >= 15 is 0 Å². The second-order valence-electron chi connectivity index (χ2n) is 7.12. The molecule has 10 nitrogen and oxygen atoms in total. The van der Waals surface area contributed by atoms with Gasteiger partial charge in [0.15, 0.2) is 17.6 Å². The first-order valence-corrected chi connectivity index (χ1v) is 10.0. The van der Waals surface area contributed by atoms with E-state index < -0.39 is 35.8 Å². The van der Waals surface area contributed by atoms with Crippen molar-refractivity contribution in [3.8, 4) is 11.5 Å². The van der Waals surface area contributed by atoms with Crippen molar-refractivity contribution >= 4 is 28.5 Å². The van der Waals surface area contributed by atoms with E-state index in [1.165, 1.54) is 11.5 Å². The highest BCUT2D eigenvalue weighted by Gasteiger charge is 2.21. The van der Waals surface area contributed by atoms with Gasteiger partial charge in [-0.15, -0.1) is 0 Å². The predicted molar refractivity (Wildman–Crippen MR) is 115 cm³/mol. The standard InChI is InChI=1S/C22H21N3O7/c1-3-24-21(28)15-6-4-5-7-16(15)25(22(24)29)11-19(26)32-13(2)20(27)23-14-8-9-17-18(10-14)31-12-30-17/h4-10,13H,3,11-12H2,1-2H3,(H,23,27). The molecule has 3 aromatic rings. The molecular formula is C22H21N3O7. The van der Waals surface area contributed by atoms with Crippen LogP contribution in [-0.2, 0) is 27.4 Å². The number of ether oxygens (including phenoxy) is 3. The highest BCUT2D eigenvalue weighted by atomic mass is 16.7. The van der Waals surface area contributed by atoms with Gasteiger partial charge in [-0.2, -0.15) is 0 Å². The first-order chi connectivity index (χ1) is 15.4. The summed E-state index contributed by atoms with van der Waals surface area (Å²) in [6.45, 7) is 2.92. The Morgan fingerprint density at radius 1 is 1.09 bits per heavy atom. The maximum atomic E-state index is 12.7. The van der Waals surface area contributed by atoms with Crippen LogP contribution in [0.3, 0.4) is 0 Å². The maximum Gasteiger partial charge on any atom is 0.332 e. The SMILES string of the molecule is CCn1c(=O)c2ccccc2n(CC(=O)OC(C)C(=O)Nc2ccc3c(c2)OCO3)c1=O. The first-order valence-electron chi connectivity index (χ1n) is 10.0. The number of fused-ring (bicyclic) bond motifs is 2. The van der Waals surface area contributed by atoms with Crippen LogP contribution in [0.15, 0.2) is 52.1 Å². The molecule has 0 saturated heterocycles. The lowest BCUT2D eigenvalue weighted by atomic mass is 10.2. The Labute approximate surface area is 181 Å². The quantitative estimate of drug-likeness (QED) is 0.578. The molecule has 1 N–H and O–H groups in total. The highest BCUT2D eigenvalue weighted by molar-refractivity contribution is 5.95. The van der Waals surface area contributed by atoms with E-state index in [1.54, 1.807) is 49.4 Å². The average Bonchev–Trinajstić information content (AvgIpc) is 3.25. The third kappa shape index (κ3) is 3.94. The van der Waals surface area contributed by atoms with Gasteiger partial charge in [0.05, 0.1) is 10.9 Å². The minimum atomic E-state index is -1.12. The minimum absolute atomic E-state index is 0.111. The molecule has 0 spiro atoms. The summed E-state index contributed by atoms with van der Waals surface area (Å²) in [6.07, 6.45) is -1.12. The predicted octanol–water partition coefficient (Wildman–Crippen LogP) is 1.48. The number of hydrogen-bond donors (Lipinski definition) is 1. The number of nitrogens with one attached hydrogen (secondary N) is 1. The van der Waals surface area contributed by atoms with Crippen molar-refractivity contribution in [3.63, 3.8) is 0 Å².